The third-order valence-electron chi connectivity index (χ3n) is 2.00. The monoisotopic (exact) mass is 222 g/mol. The van der Waals surface area contributed by atoms with E-state index in [1.54, 1.807) is 6.92 Å². The summed E-state index contributed by atoms with van der Waals surface area (Å²) >= 11 is 0.612. The average molecular weight is 222 g/mol. The van der Waals surface area contributed by atoms with E-state index in [2.05, 4.69) is 4.90 Å². The molecule has 0 aromatic carbocycles. The lowest BCUT2D eigenvalue weighted by Crippen LogP contribution is -2.43. The first kappa shape index (κ1) is 12.3. The first-order chi connectivity index (χ1) is 6.58. The van der Waals surface area contributed by atoms with Crippen molar-refractivity contribution in [3.8, 4) is 0 Å². The van der Waals surface area contributed by atoms with Gasteiger partial charge in [0, 0.05) is 19.6 Å². The van der Waals surface area contributed by atoms with Gasteiger partial charge in [-0.05, 0) is 20.8 Å². The van der Waals surface area contributed by atoms with Crippen molar-refractivity contribution in [2.24, 2.45) is 0 Å². The van der Waals surface area contributed by atoms with Crippen molar-refractivity contribution in [1.29, 1.82) is 0 Å². The van der Waals surface area contributed by atoms with E-state index in [4.69, 9.17) is 8.37 Å². The number of aliphatic hydroxyl groups excluding tert-OH is 1. The summed E-state index contributed by atoms with van der Waals surface area (Å²) < 4.78 is 10.8. The molecular weight excluding hydrogens is 202 g/mol. The number of hydrogen-bond acceptors (Lipinski definition) is 4. The zero-order valence-electron chi connectivity index (χ0n) is 9.01. The fourth-order valence-corrected chi connectivity index (χ4v) is 2.04. The predicted molar refractivity (Wildman–Crippen MR) is 58.0 cm³/mol. The van der Waals surface area contributed by atoms with E-state index in [9.17, 15) is 5.11 Å². The van der Waals surface area contributed by atoms with Crippen LogP contribution in [0.15, 0.2) is 0 Å². The van der Waals surface area contributed by atoms with Crippen LogP contribution in [0.4, 0.5) is 0 Å². The third kappa shape index (κ3) is 4.61. The van der Waals surface area contributed by atoms with Crippen molar-refractivity contribution in [2.45, 2.75) is 39.1 Å². The van der Waals surface area contributed by atoms with Crippen molar-refractivity contribution in [1.82, 2.24) is 4.90 Å². The van der Waals surface area contributed by atoms with E-state index >= 15 is 0 Å². The van der Waals surface area contributed by atoms with E-state index in [0.717, 1.165) is 13.1 Å². The van der Waals surface area contributed by atoms with Gasteiger partial charge in [-0.15, -0.1) is 8.37 Å². The van der Waals surface area contributed by atoms with Gasteiger partial charge in [0.2, 0.25) is 0 Å². The van der Waals surface area contributed by atoms with Crippen LogP contribution in [0.1, 0.15) is 20.8 Å². The molecular formula is C9H20NO3S+. The van der Waals surface area contributed by atoms with Crippen LogP contribution < -0.4 is 0 Å². The van der Waals surface area contributed by atoms with Crippen LogP contribution in [0.3, 0.4) is 0 Å². The van der Waals surface area contributed by atoms with E-state index in [1.165, 1.54) is 0 Å². The highest BCUT2D eigenvalue weighted by Crippen LogP contribution is 2.08. The van der Waals surface area contributed by atoms with Gasteiger partial charge in [-0.3, -0.25) is 4.90 Å². The summed E-state index contributed by atoms with van der Waals surface area (Å²) in [5.74, 6) is 0. The van der Waals surface area contributed by atoms with Gasteiger partial charge in [0.15, 0.2) is 0 Å². The maximum atomic E-state index is 9.31. The molecule has 0 amide bonds. The lowest BCUT2D eigenvalue weighted by atomic mass is 10.2. The molecule has 1 rings (SSSR count). The van der Waals surface area contributed by atoms with Gasteiger partial charge < -0.3 is 5.11 Å². The molecule has 0 radical (unpaired) electrons. The topological polar surface area (TPSA) is 41.9 Å². The number of β-amino-alcohol motifs (C(OH)–C–C–N with tert-alkyl or cyclic N) is 1. The number of thiol groups is 1. The van der Waals surface area contributed by atoms with E-state index in [-0.39, 0.29) is 18.3 Å². The predicted octanol–water partition coefficient (Wildman–Crippen LogP) is 0.138. The van der Waals surface area contributed by atoms with Crippen molar-refractivity contribution >= 4 is 12.3 Å². The minimum atomic E-state index is -0.300. The number of aliphatic hydroxyl groups is 1. The van der Waals surface area contributed by atoms with E-state index < -0.39 is 0 Å². The Bertz CT molecular complexity index is 156. The lowest BCUT2D eigenvalue weighted by Gasteiger charge is -2.27. The molecule has 1 fully saturated rings. The maximum Gasteiger partial charge on any atom is 0.300 e. The molecule has 0 aliphatic carbocycles. The molecule has 1 saturated heterocycles. The molecule has 14 heavy (non-hydrogen) atoms. The summed E-state index contributed by atoms with van der Waals surface area (Å²) in [6, 6.07) is 0. The first-order valence-corrected chi connectivity index (χ1v) is 5.73. The highest BCUT2D eigenvalue weighted by atomic mass is 32.2. The molecule has 1 N–H and O–H groups in total. The van der Waals surface area contributed by atoms with Crippen molar-refractivity contribution in [3.63, 3.8) is 0 Å². The van der Waals surface area contributed by atoms with Gasteiger partial charge in [-0.2, -0.15) is 0 Å². The Hall–Kier alpha value is 0.190. The van der Waals surface area contributed by atoms with Gasteiger partial charge in [-0.1, -0.05) is 0 Å². The third-order valence-corrected chi connectivity index (χ3v) is 2.89. The second kappa shape index (κ2) is 5.92. The molecule has 0 bridgehead atoms. The SMILES string of the molecule is CC(O)CN1CC(C)O[SH+]OC(C)C1. The first-order valence-electron chi connectivity index (χ1n) is 5.00. The second-order valence-electron chi connectivity index (χ2n) is 3.97. The fourth-order valence-electron chi connectivity index (χ4n) is 1.56. The average Bonchev–Trinajstić information content (AvgIpc) is 1.99. The molecule has 3 unspecified atom stereocenters. The zero-order valence-corrected chi connectivity index (χ0v) is 9.91. The van der Waals surface area contributed by atoms with Crippen LogP contribution in [0.25, 0.3) is 0 Å². The van der Waals surface area contributed by atoms with E-state index in [0.29, 0.717) is 18.9 Å². The maximum absolute atomic E-state index is 9.31. The highest BCUT2D eigenvalue weighted by molar-refractivity contribution is 7.68. The molecule has 0 spiro atoms. The molecule has 0 aromatic heterocycles. The highest BCUT2D eigenvalue weighted by Gasteiger charge is 2.24. The molecule has 84 valence electrons. The largest absolute Gasteiger partial charge is 0.392 e. The normalized spacial score (nSPS) is 33.4. The molecule has 0 saturated carbocycles. The molecule has 1 heterocycles. The van der Waals surface area contributed by atoms with Gasteiger partial charge in [0.1, 0.15) is 12.2 Å². The fraction of sp³-hybridized carbons (Fsp3) is 1.00. The van der Waals surface area contributed by atoms with Gasteiger partial charge in [-0.25, -0.2) is 0 Å². The molecule has 5 heteroatoms. The minimum Gasteiger partial charge on any atom is -0.392 e. The Morgan fingerprint density at radius 2 is 1.86 bits per heavy atom. The molecule has 4 nitrogen and oxygen atoms in total. The van der Waals surface area contributed by atoms with Crippen LogP contribution >= 0.6 is 0 Å². The van der Waals surface area contributed by atoms with Crippen LogP contribution in [-0.4, -0.2) is 48.0 Å². The van der Waals surface area contributed by atoms with Gasteiger partial charge in [0.05, 0.1) is 6.10 Å². The van der Waals surface area contributed by atoms with Crippen LogP contribution in [-0.2, 0) is 20.7 Å². The summed E-state index contributed by atoms with van der Waals surface area (Å²) in [6.07, 6.45) is 0.0113. The Morgan fingerprint density at radius 3 is 2.29 bits per heavy atom. The lowest BCUT2D eigenvalue weighted by molar-refractivity contribution is 0.0500. The Kier molecular flexibility index (Phi) is 5.19. The summed E-state index contributed by atoms with van der Waals surface area (Å²) in [5.41, 5.74) is 0. The Morgan fingerprint density at radius 1 is 1.36 bits per heavy atom. The molecule has 1 aliphatic heterocycles. The van der Waals surface area contributed by atoms with Crippen molar-refractivity contribution in [2.75, 3.05) is 19.6 Å². The zero-order chi connectivity index (χ0) is 10.6. The summed E-state index contributed by atoms with van der Waals surface area (Å²) in [5, 5.41) is 9.31. The van der Waals surface area contributed by atoms with Crippen LogP contribution in [0.2, 0.25) is 0 Å². The van der Waals surface area contributed by atoms with Crippen molar-refractivity contribution < 1.29 is 13.5 Å². The quantitative estimate of drug-likeness (QED) is 0.533. The minimum absolute atomic E-state index is 0.155. The summed E-state index contributed by atoms with van der Waals surface area (Å²) in [7, 11) is 0. The standard InChI is InChI=1S/C9H19NO3S/c1-7(11)4-10-5-8(2)12-14-13-9(3)6-10/h7-9,11H,4-6H2,1-3H3/p+1. The van der Waals surface area contributed by atoms with Crippen LogP contribution in [0.5, 0.6) is 0 Å². The summed E-state index contributed by atoms with van der Waals surface area (Å²) in [4.78, 5) is 2.18. The summed E-state index contributed by atoms with van der Waals surface area (Å²) in [6.45, 7) is 8.21. The number of hydrogen-bond donors (Lipinski definition) is 1. The Labute approximate surface area is 90.0 Å². The Balaban J connectivity index is 2.43. The molecule has 0 aromatic rings. The van der Waals surface area contributed by atoms with Gasteiger partial charge >= 0.3 is 0 Å². The molecule has 3 atom stereocenters. The van der Waals surface area contributed by atoms with Crippen LogP contribution in [0, 0.1) is 0 Å². The van der Waals surface area contributed by atoms with Gasteiger partial charge in [0.25, 0.3) is 12.3 Å². The molecule has 1 aliphatic rings. The second-order valence-corrected chi connectivity index (χ2v) is 4.54. The van der Waals surface area contributed by atoms with Crippen molar-refractivity contribution in [3.05, 3.63) is 0 Å². The van der Waals surface area contributed by atoms with E-state index in [1.807, 2.05) is 13.8 Å². The number of nitrogens with zero attached hydrogens (tertiary/aromatic N) is 1. The smallest absolute Gasteiger partial charge is 0.300 e. The number of rotatable bonds is 2.